The van der Waals surface area contributed by atoms with Gasteiger partial charge in [-0.3, -0.25) is 0 Å². The standard InChI is InChI=1S/C10H18.C2H6/c1-6-10(9(4)5)7-8(2)3;1-2/h7,9H,2,6H2,1,3-5H3;1-2H3/b10-7+;. The minimum absolute atomic E-state index is 0.668. The summed E-state index contributed by atoms with van der Waals surface area (Å²) in [4.78, 5) is 0. The molecule has 12 heavy (non-hydrogen) atoms. The second kappa shape index (κ2) is 8.58. The lowest BCUT2D eigenvalue weighted by molar-refractivity contribution is 0.731. The molecule has 0 N–H and O–H groups in total. The Labute approximate surface area is 78.4 Å². The van der Waals surface area contributed by atoms with E-state index in [1.165, 1.54) is 5.57 Å². The molecule has 0 saturated heterocycles. The molecule has 0 aromatic rings. The van der Waals surface area contributed by atoms with Gasteiger partial charge in [-0.05, 0) is 19.3 Å². The maximum atomic E-state index is 3.85. The van der Waals surface area contributed by atoms with Crippen molar-refractivity contribution in [2.24, 2.45) is 5.92 Å². The van der Waals surface area contributed by atoms with Crippen molar-refractivity contribution in [3.05, 3.63) is 23.8 Å². The zero-order valence-electron chi connectivity index (χ0n) is 9.57. The molecule has 72 valence electrons. The Balaban J connectivity index is 0. The van der Waals surface area contributed by atoms with Crippen LogP contribution in [-0.2, 0) is 0 Å². The molecule has 0 spiro atoms. The fraction of sp³-hybridized carbons (Fsp3) is 0.667. The molecule has 0 heterocycles. The quantitative estimate of drug-likeness (QED) is 0.541. The average molecular weight is 168 g/mol. The van der Waals surface area contributed by atoms with Gasteiger partial charge in [0, 0.05) is 0 Å². The minimum atomic E-state index is 0.668. The smallest absolute Gasteiger partial charge is 0.0257 e. The maximum Gasteiger partial charge on any atom is -0.0257 e. The Bertz CT molecular complexity index is 138. The lowest BCUT2D eigenvalue weighted by Gasteiger charge is -2.07. The molecule has 0 fully saturated rings. The highest BCUT2D eigenvalue weighted by Gasteiger charge is 1.98. The van der Waals surface area contributed by atoms with Crippen molar-refractivity contribution in [3.8, 4) is 0 Å². The summed E-state index contributed by atoms with van der Waals surface area (Å²) in [6.07, 6.45) is 3.33. The van der Waals surface area contributed by atoms with Crippen molar-refractivity contribution in [3.63, 3.8) is 0 Å². The summed E-state index contributed by atoms with van der Waals surface area (Å²) < 4.78 is 0. The highest BCUT2D eigenvalue weighted by Crippen LogP contribution is 2.14. The van der Waals surface area contributed by atoms with Crippen LogP contribution < -0.4 is 0 Å². The molecule has 0 aromatic carbocycles. The van der Waals surface area contributed by atoms with Crippen LogP contribution in [0.25, 0.3) is 0 Å². The first-order chi connectivity index (χ1) is 5.57. The molecule has 0 aliphatic heterocycles. The summed E-state index contributed by atoms with van der Waals surface area (Å²) in [5.41, 5.74) is 2.65. The predicted molar refractivity (Wildman–Crippen MR) is 59.4 cm³/mol. The van der Waals surface area contributed by atoms with Gasteiger partial charge < -0.3 is 0 Å². The van der Waals surface area contributed by atoms with Gasteiger partial charge in [-0.2, -0.15) is 0 Å². The molecule has 0 unspecified atom stereocenters. The molecule has 0 rings (SSSR count). The Hall–Kier alpha value is -0.520. The van der Waals surface area contributed by atoms with Gasteiger partial charge >= 0.3 is 0 Å². The summed E-state index contributed by atoms with van der Waals surface area (Å²) in [5.74, 6) is 0.668. The number of hydrogen-bond donors (Lipinski definition) is 0. The van der Waals surface area contributed by atoms with E-state index < -0.39 is 0 Å². The fourth-order valence-corrected chi connectivity index (χ4v) is 0.993. The third-order valence-electron chi connectivity index (χ3n) is 1.58. The van der Waals surface area contributed by atoms with Crippen LogP contribution in [0, 0.1) is 5.92 Å². The van der Waals surface area contributed by atoms with Gasteiger partial charge in [0.15, 0.2) is 0 Å². The number of rotatable bonds is 3. The van der Waals surface area contributed by atoms with Crippen molar-refractivity contribution in [1.82, 2.24) is 0 Å². The van der Waals surface area contributed by atoms with E-state index in [2.05, 4.69) is 33.4 Å². The lowest BCUT2D eigenvalue weighted by atomic mass is 9.99. The Kier molecular flexibility index (Phi) is 10.0. The van der Waals surface area contributed by atoms with Gasteiger partial charge in [0.25, 0.3) is 0 Å². The van der Waals surface area contributed by atoms with E-state index in [0.29, 0.717) is 5.92 Å². The van der Waals surface area contributed by atoms with Gasteiger partial charge in [0.2, 0.25) is 0 Å². The van der Waals surface area contributed by atoms with E-state index in [0.717, 1.165) is 12.0 Å². The van der Waals surface area contributed by atoms with E-state index >= 15 is 0 Å². The topological polar surface area (TPSA) is 0 Å². The Morgan fingerprint density at radius 2 is 1.75 bits per heavy atom. The average Bonchev–Trinajstić information content (AvgIpc) is 2.03. The molecule has 0 aliphatic rings. The summed E-state index contributed by atoms with van der Waals surface area (Å²) in [6, 6.07) is 0. The summed E-state index contributed by atoms with van der Waals surface area (Å²) >= 11 is 0. The molecule has 0 aliphatic carbocycles. The first-order valence-corrected chi connectivity index (χ1v) is 4.93. The van der Waals surface area contributed by atoms with E-state index in [1.54, 1.807) is 0 Å². The van der Waals surface area contributed by atoms with Crippen LogP contribution in [0.1, 0.15) is 48.0 Å². The third-order valence-corrected chi connectivity index (χ3v) is 1.58. The van der Waals surface area contributed by atoms with Gasteiger partial charge in [0.1, 0.15) is 0 Å². The molecular formula is C12H24. The van der Waals surface area contributed by atoms with E-state index in [4.69, 9.17) is 0 Å². The SMILES string of the molecule is C=C(C)/C=C(\CC)C(C)C.CC. The summed E-state index contributed by atoms with van der Waals surface area (Å²) in [5, 5.41) is 0. The number of hydrogen-bond acceptors (Lipinski definition) is 0. The zero-order chi connectivity index (χ0) is 10.1. The molecule has 0 nitrogen and oxygen atoms in total. The van der Waals surface area contributed by atoms with Crippen molar-refractivity contribution < 1.29 is 0 Å². The minimum Gasteiger partial charge on any atom is -0.0961 e. The van der Waals surface area contributed by atoms with Gasteiger partial charge in [-0.15, -0.1) is 0 Å². The normalized spacial score (nSPS) is 10.8. The second-order valence-electron chi connectivity index (χ2n) is 3.07. The summed E-state index contributed by atoms with van der Waals surface area (Å²) in [6.45, 7) is 16.5. The van der Waals surface area contributed by atoms with E-state index in [1.807, 2.05) is 20.8 Å². The molecule has 0 saturated carbocycles. The molecule has 0 bridgehead atoms. The monoisotopic (exact) mass is 168 g/mol. The third kappa shape index (κ3) is 7.59. The van der Waals surface area contributed by atoms with Gasteiger partial charge in [-0.1, -0.05) is 58.4 Å². The van der Waals surface area contributed by atoms with E-state index in [-0.39, 0.29) is 0 Å². The molecule has 0 radical (unpaired) electrons. The first kappa shape index (κ1) is 14.0. The second-order valence-corrected chi connectivity index (χ2v) is 3.07. The van der Waals surface area contributed by atoms with Crippen LogP contribution in [-0.4, -0.2) is 0 Å². The highest BCUT2D eigenvalue weighted by molar-refractivity contribution is 5.19. The van der Waals surface area contributed by atoms with Crippen LogP contribution in [0.2, 0.25) is 0 Å². The van der Waals surface area contributed by atoms with Crippen LogP contribution in [0.4, 0.5) is 0 Å². The highest BCUT2D eigenvalue weighted by atomic mass is 14.0. The predicted octanol–water partition coefficient (Wildman–Crippen LogP) is 4.58. The first-order valence-electron chi connectivity index (χ1n) is 4.93. The fourth-order valence-electron chi connectivity index (χ4n) is 0.993. The Morgan fingerprint density at radius 1 is 1.33 bits per heavy atom. The van der Waals surface area contributed by atoms with Crippen molar-refractivity contribution in [2.75, 3.05) is 0 Å². The van der Waals surface area contributed by atoms with Crippen LogP contribution in [0.5, 0.6) is 0 Å². The Morgan fingerprint density at radius 3 is 1.83 bits per heavy atom. The maximum absolute atomic E-state index is 3.85. The van der Waals surface area contributed by atoms with Crippen molar-refractivity contribution in [1.29, 1.82) is 0 Å². The zero-order valence-corrected chi connectivity index (χ0v) is 9.57. The lowest BCUT2D eigenvalue weighted by Crippen LogP contribution is -1.91. The largest absolute Gasteiger partial charge is 0.0961 e. The molecule has 0 aromatic heterocycles. The van der Waals surface area contributed by atoms with Crippen LogP contribution in [0.15, 0.2) is 23.8 Å². The molecular weight excluding hydrogens is 144 g/mol. The van der Waals surface area contributed by atoms with E-state index in [9.17, 15) is 0 Å². The number of allylic oxidation sites excluding steroid dienone is 3. The van der Waals surface area contributed by atoms with Crippen molar-refractivity contribution >= 4 is 0 Å². The van der Waals surface area contributed by atoms with Crippen molar-refractivity contribution in [2.45, 2.75) is 48.0 Å². The molecule has 0 atom stereocenters. The molecule has 0 amide bonds. The van der Waals surface area contributed by atoms with Crippen LogP contribution >= 0.6 is 0 Å². The van der Waals surface area contributed by atoms with Crippen LogP contribution in [0.3, 0.4) is 0 Å². The molecule has 0 heteroatoms. The van der Waals surface area contributed by atoms with Gasteiger partial charge in [0.05, 0.1) is 0 Å². The summed E-state index contributed by atoms with van der Waals surface area (Å²) in [7, 11) is 0. The van der Waals surface area contributed by atoms with Gasteiger partial charge in [-0.25, -0.2) is 0 Å².